The number of rotatable bonds is 6. The first kappa shape index (κ1) is 18.3. The van der Waals surface area contributed by atoms with Crippen molar-refractivity contribution in [3.63, 3.8) is 0 Å². The number of carbonyl (C=O) groups is 1. The summed E-state index contributed by atoms with van der Waals surface area (Å²) < 4.78 is 31.4. The second-order valence-corrected chi connectivity index (χ2v) is 8.07. The molecule has 0 bridgehead atoms. The number of amides is 1. The van der Waals surface area contributed by atoms with Crippen LogP contribution in [0.25, 0.3) is 0 Å². The zero-order chi connectivity index (χ0) is 18.6. The lowest BCUT2D eigenvalue weighted by Crippen LogP contribution is -2.48. The van der Waals surface area contributed by atoms with Gasteiger partial charge in [0.1, 0.15) is 0 Å². The van der Waals surface area contributed by atoms with Crippen molar-refractivity contribution in [1.82, 2.24) is 4.90 Å². The van der Waals surface area contributed by atoms with Crippen LogP contribution in [0, 0.1) is 0 Å². The highest BCUT2D eigenvalue weighted by molar-refractivity contribution is 7.92. The topological polar surface area (TPSA) is 82.9 Å². The summed E-state index contributed by atoms with van der Waals surface area (Å²) in [6, 6.07) is 10.7. The van der Waals surface area contributed by atoms with Gasteiger partial charge in [-0.15, -0.1) is 0 Å². The number of anilines is 2. The fraction of sp³-hybridized carbons (Fsp3) is 0.389. The molecule has 2 heterocycles. The highest BCUT2D eigenvalue weighted by atomic mass is 32.2. The van der Waals surface area contributed by atoms with Crippen molar-refractivity contribution in [2.75, 3.05) is 41.6 Å². The summed E-state index contributed by atoms with van der Waals surface area (Å²) in [6.45, 7) is 4.49. The van der Waals surface area contributed by atoms with Crippen LogP contribution in [0.5, 0.6) is 0 Å². The van der Waals surface area contributed by atoms with Gasteiger partial charge in [0.05, 0.1) is 12.0 Å². The molecule has 140 valence electrons. The number of piperazine rings is 1. The molecular formula is C18H23N3O4S. The molecule has 7 nitrogen and oxygen atoms in total. The van der Waals surface area contributed by atoms with Crippen molar-refractivity contribution < 1.29 is 17.6 Å². The first-order chi connectivity index (χ1) is 12.5. The van der Waals surface area contributed by atoms with E-state index in [2.05, 4.69) is 9.62 Å². The molecule has 0 saturated carbocycles. The van der Waals surface area contributed by atoms with Gasteiger partial charge in [-0.3, -0.25) is 9.52 Å². The largest absolute Gasteiger partial charge is 0.459 e. The Bertz CT molecular complexity index is 824. The van der Waals surface area contributed by atoms with Crippen LogP contribution in [0.2, 0.25) is 0 Å². The van der Waals surface area contributed by atoms with Crippen molar-refractivity contribution in [3.8, 4) is 0 Å². The highest BCUT2D eigenvalue weighted by Crippen LogP contribution is 2.21. The van der Waals surface area contributed by atoms with E-state index in [9.17, 15) is 13.2 Å². The maximum atomic E-state index is 12.3. The number of nitrogens with one attached hydrogen (secondary N) is 1. The zero-order valence-electron chi connectivity index (χ0n) is 14.7. The van der Waals surface area contributed by atoms with E-state index >= 15 is 0 Å². The van der Waals surface area contributed by atoms with Crippen LogP contribution >= 0.6 is 0 Å². The lowest BCUT2D eigenvalue weighted by Gasteiger charge is -2.35. The smallest absolute Gasteiger partial charge is 0.289 e. The Morgan fingerprint density at radius 2 is 1.81 bits per heavy atom. The normalized spacial score (nSPS) is 15.1. The predicted molar refractivity (Wildman–Crippen MR) is 101 cm³/mol. The highest BCUT2D eigenvalue weighted by Gasteiger charge is 2.23. The third-order valence-electron chi connectivity index (χ3n) is 4.28. The van der Waals surface area contributed by atoms with Crippen LogP contribution in [0.1, 0.15) is 23.9 Å². The summed E-state index contributed by atoms with van der Waals surface area (Å²) >= 11 is 0. The number of furan rings is 1. The average molecular weight is 377 g/mol. The van der Waals surface area contributed by atoms with Crippen molar-refractivity contribution in [3.05, 3.63) is 48.4 Å². The van der Waals surface area contributed by atoms with Crippen molar-refractivity contribution >= 4 is 27.3 Å². The fourth-order valence-corrected chi connectivity index (χ4v) is 4.10. The molecule has 1 amide bonds. The maximum Gasteiger partial charge on any atom is 0.289 e. The number of hydrogen-bond acceptors (Lipinski definition) is 5. The van der Waals surface area contributed by atoms with Gasteiger partial charge in [-0.2, -0.15) is 0 Å². The van der Waals surface area contributed by atoms with E-state index in [4.69, 9.17) is 4.42 Å². The summed E-state index contributed by atoms with van der Waals surface area (Å²) in [4.78, 5) is 16.2. The van der Waals surface area contributed by atoms with E-state index in [-0.39, 0.29) is 11.7 Å². The molecule has 0 aliphatic carbocycles. The minimum absolute atomic E-state index is 0.0877. The van der Waals surface area contributed by atoms with Gasteiger partial charge in [-0.05, 0) is 42.8 Å². The van der Waals surface area contributed by atoms with Crippen molar-refractivity contribution in [2.45, 2.75) is 13.3 Å². The van der Waals surface area contributed by atoms with Crippen molar-refractivity contribution in [1.29, 1.82) is 0 Å². The summed E-state index contributed by atoms with van der Waals surface area (Å²) in [5.41, 5.74) is 1.57. The Morgan fingerprint density at radius 3 is 2.38 bits per heavy atom. The minimum Gasteiger partial charge on any atom is -0.459 e. The number of nitrogens with zero attached hydrogens (tertiary/aromatic N) is 2. The Morgan fingerprint density at radius 1 is 1.12 bits per heavy atom. The van der Waals surface area contributed by atoms with Crippen LogP contribution < -0.4 is 9.62 Å². The Hall–Kier alpha value is -2.48. The van der Waals surface area contributed by atoms with E-state index in [1.54, 1.807) is 29.2 Å². The number of sulfonamides is 1. The predicted octanol–water partition coefficient (Wildman–Crippen LogP) is 2.39. The first-order valence-corrected chi connectivity index (χ1v) is 10.3. The minimum atomic E-state index is -3.28. The van der Waals surface area contributed by atoms with E-state index in [1.165, 1.54) is 6.26 Å². The fourth-order valence-electron chi connectivity index (χ4n) is 2.96. The van der Waals surface area contributed by atoms with E-state index in [1.807, 2.05) is 19.1 Å². The number of benzene rings is 1. The van der Waals surface area contributed by atoms with Crippen LogP contribution in [0.15, 0.2) is 47.1 Å². The SMILES string of the molecule is CCCS(=O)(=O)Nc1ccc(N2CCN(C(=O)c3ccco3)CC2)cc1. The summed E-state index contributed by atoms with van der Waals surface area (Å²) in [5, 5.41) is 0. The summed E-state index contributed by atoms with van der Waals surface area (Å²) in [6.07, 6.45) is 2.08. The molecule has 1 aromatic heterocycles. The van der Waals surface area contributed by atoms with Gasteiger partial charge in [0, 0.05) is 37.6 Å². The van der Waals surface area contributed by atoms with Crippen molar-refractivity contribution in [2.24, 2.45) is 0 Å². The summed E-state index contributed by atoms with van der Waals surface area (Å²) in [5.74, 6) is 0.387. The molecule has 1 aliphatic rings. The van der Waals surface area contributed by atoms with E-state index in [0.29, 0.717) is 44.0 Å². The molecule has 0 spiro atoms. The second-order valence-electron chi connectivity index (χ2n) is 6.22. The number of hydrogen-bond donors (Lipinski definition) is 1. The molecule has 2 aromatic rings. The third kappa shape index (κ3) is 4.37. The van der Waals surface area contributed by atoms with Gasteiger partial charge in [-0.1, -0.05) is 6.92 Å². The standard InChI is InChI=1S/C18H23N3O4S/c1-2-14-26(23,24)19-15-5-7-16(8-6-15)20-9-11-21(12-10-20)18(22)17-4-3-13-25-17/h3-8,13,19H,2,9-12,14H2,1H3. The van der Waals surface area contributed by atoms with Gasteiger partial charge in [0.25, 0.3) is 5.91 Å². The summed E-state index contributed by atoms with van der Waals surface area (Å²) in [7, 11) is -3.28. The molecule has 26 heavy (non-hydrogen) atoms. The Labute approximate surface area is 153 Å². The quantitative estimate of drug-likeness (QED) is 0.836. The monoisotopic (exact) mass is 377 g/mol. The average Bonchev–Trinajstić information content (AvgIpc) is 3.16. The van der Waals surface area contributed by atoms with E-state index < -0.39 is 10.0 Å². The molecule has 3 rings (SSSR count). The lowest BCUT2D eigenvalue weighted by molar-refractivity contribution is 0.0714. The Kier molecular flexibility index (Phi) is 5.51. The van der Waals surface area contributed by atoms with Gasteiger partial charge in [0.2, 0.25) is 10.0 Å². The molecule has 1 aromatic carbocycles. The van der Waals surface area contributed by atoms with Crippen LogP contribution in [0.4, 0.5) is 11.4 Å². The molecule has 0 radical (unpaired) electrons. The van der Waals surface area contributed by atoms with Crippen LogP contribution in [-0.4, -0.2) is 51.2 Å². The molecule has 8 heteroatoms. The van der Waals surface area contributed by atoms with Gasteiger partial charge in [-0.25, -0.2) is 8.42 Å². The molecule has 0 unspecified atom stereocenters. The number of carbonyl (C=O) groups excluding carboxylic acids is 1. The second kappa shape index (κ2) is 7.82. The Balaban J connectivity index is 1.57. The molecule has 1 N–H and O–H groups in total. The maximum absolute atomic E-state index is 12.3. The molecule has 1 aliphatic heterocycles. The van der Waals surface area contributed by atoms with Gasteiger partial charge < -0.3 is 14.2 Å². The molecule has 0 atom stereocenters. The molecular weight excluding hydrogens is 354 g/mol. The van der Waals surface area contributed by atoms with E-state index in [0.717, 1.165) is 5.69 Å². The van der Waals surface area contributed by atoms with Crippen LogP contribution in [0.3, 0.4) is 0 Å². The van der Waals surface area contributed by atoms with Gasteiger partial charge in [0.15, 0.2) is 5.76 Å². The van der Waals surface area contributed by atoms with Gasteiger partial charge >= 0.3 is 0 Å². The third-order valence-corrected chi connectivity index (χ3v) is 5.77. The first-order valence-electron chi connectivity index (χ1n) is 8.67. The zero-order valence-corrected chi connectivity index (χ0v) is 15.5. The van der Waals surface area contributed by atoms with Crippen LogP contribution in [-0.2, 0) is 10.0 Å². The lowest BCUT2D eigenvalue weighted by atomic mass is 10.2. The molecule has 1 saturated heterocycles. The molecule has 1 fully saturated rings.